The van der Waals surface area contributed by atoms with Crippen molar-refractivity contribution in [3.63, 3.8) is 0 Å². The Morgan fingerprint density at radius 3 is 2.71 bits per heavy atom. The fraction of sp³-hybridized carbons (Fsp3) is 0.188. The predicted octanol–water partition coefficient (Wildman–Crippen LogP) is 4.17. The van der Waals surface area contributed by atoms with Gasteiger partial charge in [-0.15, -0.1) is 0 Å². The number of anilines is 1. The predicted molar refractivity (Wildman–Crippen MR) is 91.7 cm³/mol. The van der Waals surface area contributed by atoms with Gasteiger partial charge in [0.05, 0.1) is 14.6 Å². The molecule has 1 atom stereocenters. The van der Waals surface area contributed by atoms with Gasteiger partial charge in [0.25, 0.3) is 0 Å². The Morgan fingerprint density at radius 2 is 2.00 bits per heavy atom. The zero-order chi connectivity index (χ0) is 15.0. The lowest BCUT2D eigenvalue weighted by Gasteiger charge is -2.16. The quantitative estimate of drug-likeness (QED) is 0.677. The van der Waals surface area contributed by atoms with E-state index in [1.807, 2.05) is 45.4 Å². The zero-order valence-electron chi connectivity index (χ0n) is 11.6. The molecular weight excluding hydrogens is 380 g/mol. The maximum absolute atomic E-state index is 13.8. The van der Waals surface area contributed by atoms with Gasteiger partial charge < -0.3 is 10.3 Å². The molecule has 0 amide bonds. The third-order valence-electron chi connectivity index (χ3n) is 3.57. The van der Waals surface area contributed by atoms with Crippen LogP contribution in [0.5, 0.6) is 0 Å². The van der Waals surface area contributed by atoms with Crippen LogP contribution in [0, 0.1) is 9.39 Å². The number of nitrogens with zero attached hydrogens (tertiary/aromatic N) is 2. The molecule has 0 fully saturated rings. The Kier molecular flexibility index (Phi) is 3.84. The molecule has 0 saturated carbocycles. The second kappa shape index (κ2) is 5.63. The minimum atomic E-state index is -0.240. The van der Waals surface area contributed by atoms with Crippen LogP contribution in [0.3, 0.4) is 0 Å². The van der Waals surface area contributed by atoms with Crippen LogP contribution in [-0.2, 0) is 6.42 Å². The van der Waals surface area contributed by atoms with E-state index in [9.17, 15) is 4.39 Å². The third kappa shape index (κ3) is 2.74. The molecule has 21 heavy (non-hydrogen) atoms. The lowest BCUT2D eigenvalue weighted by atomic mass is 10.1. The highest BCUT2D eigenvalue weighted by molar-refractivity contribution is 14.1. The molecular formula is C16H15FIN3. The average molecular weight is 395 g/mol. The van der Waals surface area contributed by atoms with Crippen LogP contribution in [-0.4, -0.2) is 9.55 Å². The molecule has 5 heteroatoms. The Hall–Kier alpha value is -1.63. The minimum absolute atomic E-state index is 0.108. The first-order valence-corrected chi connectivity index (χ1v) is 7.80. The summed E-state index contributed by atoms with van der Waals surface area (Å²) in [4.78, 5) is 4.35. The second-order valence-electron chi connectivity index (χ2n) is 5.13. The number of hydrogen-bond acceptors (Lipinski definition) is 2. The number of fused-ring (bicyclic) bond motifs is 1. The standard InChI is InChI=1S/C16H15FIN3/c1-10(7-11-5-3-2-4-6-11)21-15-8-12(17)13(18)9-14(15)20-16(21)19/h2-6,8-10H,7H2,1H3,(H2,19,20). The molecule has 3 aromatic rings. The monoisotopic (exact) mass is 395 g/mol. The van der Waals surface area contributed by atoms with E-state index in [2.05, 4.69) is 24.0 Å². The number of imidazole rings is 1. The molecule has 108 valence electrons. The lowest BCUT2D eigenvalue weighted by molar-refractivity contribution is 0.564. The topological polar surface area (TPSA) is 43.8 Å². The first-order valence-electron chi connectivity index (χ1n) is 6.72. The normalized spacial score (nSPS) is 12.7. The third-order valence-corrected chi connectivity index (χ3v) is 4.40. The van der Waals surface area contributed by atoms with E-state index in [1.165, 1.54) is 11.6 Å². The SMILES string of the molecule is CC(Cc1ccccc1)n1c(N)nc2cc(I)c(F)cc21. The summed E-state index contributed by atoms with van der Waals surface area (Å²) in [6.45, 7) is 2.07. The molecule has 0 saturated heterocycles. The summed E-state index contributed by atoms with van der Waals surface area (Å²) in [5, 5.41) is 0. The molecule has 0 aliphatic heterocycles. The minimum Gasteiger partial charge on any atom is -0.369 e. The van der Waals surface area contributed by atoms with Crippen LogP contribution in [0.15, 0.2) is 42.5 Å². The summed E-state index contributed by atoms with van der Waals surface area (Å²) in [5.41, 5.74) is 8.73. The lowest BCUT2D eigenvalue weighted by Crippen LogP contribution is -2.11. The molecule has 0 spiro atoms. The van der Waals surface area contributed by atoms with Crippen molar-refractivity contribution in [3.8, 4) is 0 Å². The van der Waals surface area contributed by atoms with Crippen molar-refractivity contribution >= 4 is 39.6 Å². The van der Waals surface area contributed by atoms with Crippen molar-refractivity contribution in [2.45, 2.75) is 19.4 Å². The average Bonchev–Trinajstić information content (AvgIpc) is 2.75. The molecule has 2 aromatic carbocycles. The molecule has 3 nitrogen and oxygen atoms in total. The van der Waals surface area contributed by atoms with Crippen LogP contribution in [0.25, 0.3) is 11.0 Å². The van der Waals surface area contributed by atoms with E-state index >= 15 is 0 Å². The van der Waals surface area contributed by atoms with Gasteiger partial charge in [-0.1, -0.05) is 30.3 Å². The molecule has 1 unspecified atom stereocenters. The summed E-state index contributed by atoms with van der Waals surface area (Å²) in [7, 11) is 0. The van der Waals surface area contributed by atoms with Crippen molar-refractivity contribution in [1.82, 2.24) is 9.55 Å². The smallest absolute Gasteiger partial charge is 0.201 e. The van der Waals surface area contributed by atoms with Crippen LogP contribution in [0.2, 0.25) is 0 Å². The highest BCUT2D eigenvalue weighted by Gasteiger charge is 2.16. The van der Waals surface area contributed by atoms with Crippen molar-refractivity contribution in [2.75, 3.05) is 5.73 Å². The van der Waals surface area contributed by atoms with Gasteiger partial charge in [0.2, 0.25) is 5.95 Å². The van der Waals surface area contributed by atoms with Gasteiger partial charge in [0, 0.05) is 12.1 Å². The van der Waals surface area contributed by atoms with Crippen LogP contribution < -0.4 is 5.73 Å². The maximum Gasteiger partial charge on any atom is 0.201 e. The molecule has 1 aromatic heterocycles. The van der Waals surface area contributed by atoms with E-state index in [1.54, 1.807) is 6.07 Å². The molecule has 0 bridgehead atoms. The van der Waals surface area contributed by atoms with Gasteiger partial charge >= 0.3 is 0 Å². The summed E-state index contributed by atoms with van der Waals surface area (Å²) in [6, 6.07) is 13.5. The van der Waals surface area contributed by atoms with Crippen LogP contribution >= 0.6 is 22.6 Å². The van der Waals surface area contributed by atoms with E-state index in [0.717, 1.165) is 17.5 Å². The van der Waals surface area contributed by atoms with E-state index in [0.29, 0.717) is 9.52 Å². The van der Waals surface area contributed by atoms with Gasteiger partial charge in [0.15, 0.2) is 0 Å². The Bertz CT molecular complexity index is 783. The van der Waals surface area contributed by atoms with E-state index < -0.39 is 0 Å². The van der Waals surface area contributed by atoms with E-state index in [-0.39, 0.29) is 11.9 Å². The molecule has 0 radical (unpaired) electrons. The van der Waals surface area contributed by atoms with Gasteiger partial charge in [-0.2, -0.15) is 0 Å². The van der Waals surface area contributed by atoms with E-state index in [4.69, 9.17) is 5.73 Å². The number of halogens is 2. The maximum atomic E-state index is 13.8. The summed E-state index contributed by atoms with van der Waals surface area (Å²) in [6.07, 6.45) is 0.824. The van der Waals surface area contributed by atoms with Crippen LogP contribution in [0.1, 0.15) is 18.5 Å². The Labute approximate surface area is 136 Å². The largest absolute Gasteiger partial charge is 0.369 e. The Balaban J connectivity index is 2.03. The van der Waals surface area contributed by atoms with Gasteiger partial charge in [0.1, 0.15) is 5.82 Å². The van der Waals surface area contributed by atoms with Crippen molar-refractivity contribution in [3.05, 3.63) is 57.4 Å². The number of benzene rings is 2. The highest BCUT2D eigenvalue weighted by atomic mass is 127. The summed E-state index contributed by atoms with van der Waals surface area (Å²) in [5.74, 6) is 0.186. The van der Waals surface area contributed by atoms with Gasteiger partial charge in [-0.25, -0.2) is 9.37 Å². The molecule has 2 N–H and O–H groups in total. The highest BCUT2D eigenvalue weighted by Crippen LogP contribution is 2.27. The molecule has 1 heterocycles. The number of nitrogen functional groups attached to an aromatic ring is 1. The number of nitrogens with two attached hydrogens (primary N) is 1. The first-order chi connectivity index (χ1) is 10.1. The van der Waals surface area contributed by atoms with Crippen molar-refractivity contribution in [2.24, 2.45) is 0 Å². The van der Waals surface area contributed by atoms with Crippen LogP contribution in [0.4, 0.5) is 10.3 Å². The van der Waals surface area contributed by atoms with Crippen molar-refractivity contribution < 1.29 is 4.39 Å². The second-order valence-corrected chi connectivity index (χ2v) is 6.30. The van der Waals surface area contributed by atoms with Gasteiger partial charge in [-0.3, -0.25) is 0 Å². The fourth-order valence-electron chi connectivity index (χ4n) is 2.62. The summed E-state index contributed by atoms with van der Waals surface area (Å²) < 4.78 is 16.3. The van der Waals surface area contributed by atoms with Gasteiger partial charge in [-0.05, 0) is 47.6 Å². The molecule has 3 rings (SSSR count). The molecule has 0 aliphatic rings. The number of aromatic nitrogens is 2. The molecule has 0 aliphatic carbocycles. The Morgan fingerprint density at radius 1 is 1.29 bits per heavy atom. The number of hydrogen-bond donors (Lipinski definition) is 1. The first kappa shape index (κ1) is 14.3. The number of rotatable bonds is 3. The van der Waals surface area contributed by atoms with Crippen molar-refractivity contribution in [1.29, 1.82) is 0 Å². The fourth-order valence-corrected chi connectivity index (χ4v) is 3.07. The summed E-state index contributed by atoms with van der Waals surface area (Å²) >= 11 is 1.96. The zero-order valence-corrected chi connectivity index (χ0v) is 13.7.